The molecule has 1 atom stereocenters. The lowest BCUT2D eigenvalue weighted by atomic mass is 10.1. The van der Waals surface area contributed by atoms with E-state index in [0.29, 0.717) is 0 Å². The number of hydrogen-bond acceptors (Lipinski definition) is 5. The third-order valence-corrected chi connectivity index (χ3v) is 5.66. The summed E-state index contributed by atoms with van der Waals surface area (Å²) in [6.45, 7) is 0. The fraction of sp³-hybridized carbons (Fsp3) is 0.167. The van der Waals surface area contributed by atoms with Gasteiger partial charge in [-0.25, -0.2) is 0 Å². The first-order valence-electron chi connectivity index (χ1n) is 5.31. The fourth-order valence-corrected chi connectivity index (χ4v) is 4.70. The average Bonchev–Trinajstić information content (AvgIpc) is 3.01. The van der Waals surface area contributed by atoms with Gasteiger partial charge in [-0.3, -0.25) is 11.3 Å². The second-order valence-electron chi connectivity index (χ2n) is 3.85. The van der Waals surface area contributed by atoms with Crippen molar-refractivity contribution in [1.29, 1.82) is 0 Å². The van der Waals surface area contributed by atoms with Gasteiger partial charge in [0.25, 0.3) is 0 Å². The number of nitrogens with one attached hydrogen (secondary N) is 1. The van der Waals surface area contributed by atoms with E-state index in [1.807, 2.05) is 11.3 Å². The van der Waals surface area contributed by atoms with Gasteiger partial charge in [-0.05, 0) is 46.3 Å². The number of fused-ring (bicyclic) bond motifs is 1. The Kier molecular flexibility index (Phi) is 3.26. The molecule has 5 heteroatoms. The van der Waals surface area contributed by atoms with Crippen LogP contribution in [-0.2, 0) is 6.42 Å². The van der Waals surface area contributed by atoms with E-state index in [9.17, 15) is 0 Å². The molecule has 0 aliphatic carbocycles. The van der Waals surface area contributed by atoms with E-state index in [0.717, 1.165) is 6.42 Å². The van der Waals surface area contributed by atoms with Crippen LogP contribution < -0.4 is 11.3 Å². The molecule has 0 aliphatic heterocycles. The van der Waals surface area contributed by atoms with E-state index in [-0.39, 0.29) is 6.04 Å². The largest absolute Gasteiger partial charge is 0.271 e. The lowest BCUT2D eigenvalue weighted by Gasteiger charge is -2.12. The van der Waals surface area contributed by atoms with Gasteiger partial charge in [0, 0.05) is 14.3 Å². The lowest BCUT2D eigenvalue weighted by molar-refractivity contribution is 0.561. The Labute approximate surface area is 112 Å². The molecule has 0 amide bonds. The number of hydrazine groups is 1. The second-order valence-corrected chi connectivity index (χ2v) is 6.70. The van der Waals surface area contributed by atoms with Crippen LogP contribution in [0, 0.1) is 0 Å². The third kappa shape index (κ3) is 2.29. The van der Waals surface area contributed by atoms with Gasteiger partial charge in [0.2, 0.25) is 0 Å². The summed E-state index contributed by atoms with van der Waals surface area (Å²) < 4.78 is 2.71. The zero-order valence-corrected chi connectivity index (χ0v) is 11.5. The maximum absolute atomic E-state index is 5.68. The molecule has 3 heterocycles. The number of thiophene rings is 3. The molecule has 0 saturated carbocycles. The van der Waals surface area contributed by atoms with E-state index in [1.165, 1.54) is 19.8 Å². The van der Waals surface area contributed by atoms with Gasteiger partial charge >= 0.3 is 0 Å². The monoisotopic (exact) mass is 280 g/mol. The molecule has 0 fully saturated rings. The van der Waals surface area contributed by atoms with Gasteiger partial charge in [-0.15, -0.1) is 22.7 Å². The Bertz CT molecular complexity index is 566. The highest BCUT2D eigenvalue weighted by molar-refractivity contribution is 7.26. The van der Waals surface area contributed by atoms with Crippen LogP contribution in [0.5, 0.6) is 0 Å². The van der Waals surface area contributed by atoms with Crippen molar-refractivity contribution in [3.8, 4) is 0 Å². The Hall–Kier alpha value is -0.720. The smallest absolute Gasteiger partial charge is 0.0594 e. The second kappa shape index (κ2) is 4.88. The van der Waals surface area contributed by atoms with Crippen molar-refractivity contribution < 1.29 is 0 Å². The molecule has 0 radical (unpaired) electrons. The van der Waals surface area contributed by atoms with Crippen molar-refractivity contribution in [2.45, 2.75) is 12.5 Å². The Balaban J connectivity index is 1.87. The molecule has 2 nitrogen and oxygen atoms in total. The van der Waals surface area contributed by atoms with Crippen LogP contribution in [0.2, 0.25) is 0 Å². The average molecular weight is 280 g/mol. The van der Waals surface area contributed by atoms with E-state index in [4.69, 9.17) is 5.84 Å². The van der Waals surface area contributed by atoms with Crippen molar-refractivity contribution in [3.63, 3.8) is 0 Å². The zero-order chi connectivity index (χ0) is 11.7. The summed E-state index contributed by atoms with van der Waals surface area (Å²) in [5.41, 5.74) is 4.27. The van der Waals surface area contributed by atoms with Crippen molar-refractivity contribution in [3.05, 3.63) is 44.8 Å². The van der Waals surface area contributed by atoms with Gasteiger partial charge in [0.15, 0.2) is 0 Å². The number of nitrogens with two attached hydrogens (primary N) is 1. The molecule has 0 spiro atoms. The minimum Gasteiger partial charge on any atom is -0.271 e. The quantitative estimate of drug-likeness (QED) is 0.564. The van der Waals surface area contributed by atoms with Crippen molar-refractivity contribution >= 4 is 43.4 Å². The highest BCUT2D eigenvalue weighted by Crippen LogP contribution is 2.34. The van der Waals surface area contributed by atoms with Crippen LogP contribution in [-0.4, -0.2) is 0 Å². The van der Waals surface area contributed by atoms with Gasteiger partial charge in [-0.2, -0.15) is 11.3 Å². The first-order chi connectivity index (χ1) is 8.36. The summed E-state index contributed by atoms with van der Waals surface area (Å²) in [7, 11) is 0. The van der Waals surface area contributed by atoms with E-state index >= 15 is 0 Å². The minimum absolute atomic E-state index is 0.217. The molecule has 1 unspecified atom stereocenters. The lowest BCUT2D eigenvalue weighted by Crippen LogP contribution is -2.28. The summed E-state index contributed by atoms with van der Waals surface area (Å²) in [4.78, 5) is 1.32. The highest BCUT2D eigenvalue weighted by Gasteiger charge is 2.14. The van der Waals surface area contributed by atoms with Gasteiger partial charge in [-0.1, -0.05) is 0 Å². The molecule has 0 aromatic carbocycles. The number of rotatable bonds is 4. The topological polar surface area (TPSA) is 38.0 Å². The molecule has 3 aromatic heterocycles. The maximum Gasteiger partial charge on any atom is 0.0594 e. The van der Waals surface area contributed by atoms with Gasteiger partial charge < -0.3 is 0 Å². The first-order valence-corrected chi connectivity index (χ1v) is 7.95. The summed E-state index contributed by atoms with van der Waals surface area (Å²) in [6, 6.07) is 6.80. The maximum atomic E-state index is 5.68. The Morgan fingerprint density at radius 3 is 2.88 bits per heavy atom. The Morgan fingerprint density at radius 2 is 2.18 bits per heavy atom. The standard InChI is InChI=1S/C12H12N2S3/c13-14-9(5-8-1-3-15-7-8)11-6-12-10(17-11)2-4-16-12/h1-4,6-7,9,14H,5,13H2. The SMILES string of the molecule is NNC(Cc1ccsc1)c1cc2sccc2s1. The van der Waals surface area contributed by atoms with E-state index < -0.39 is 0 Å². The third-order valence-electron chi connectivity index (χ3n) is 2.72. The van der Waals surface area contributed by atoms with Crippen LogP contribution in [0.15, 0.2) is 34.3 Å². The molecule has 0 aliphatic rings. The van der Waals surface area contributed by atoms with Gasteiger partial charge in [0.05, 0.1) is 6.04 Å². The highest BCUT2D eigenvalue weighted by atomic mass is 32.1. The van der Waals surface area contributed by atoms with Crippen molar-refractivity contribution in [2.75, 3.05) is 0 Å². The van der Waals surface area contributed by atoms with Crippen molar-refractivity contribution in [1.82, 2.24) is 5.43 Å². The van der Waals surface area contributed by atoms with Crippen LogP contribution in [0.1, 0.15) is 16.5 Å². The summed E-state index contributed by atoms with van der Waals surface area (Å²) in [5.74, 6) is 5.68. The van der Waals surface area contributed by atoms with Crippen LogP contribution >= 0.6 is 34.0 Å². The molecule has 3 rings (SSSR count). The van der Waals surface area contributed by atoms with Crippen LogP contribution in [0.4, 0.5) is 0 Å². The van der Waals surface area contributed by atoms with Crippen LogP contribution in [0.25, 0.3) is 9.40 Å². The zero-order valence-electron chi connectivity index (χ0n) is 9.05. The predicted octanol–water partition coefficient (Wildman–Crippen LogP) is 3.77. The van der Waals surface area contributed by atoms with E-state index in [2.05, 4.69) is 39.8 Å². The summed E-state index contributed by atoms with van der Waals surface area (Å²) in [6.07, 6.45) is 0.952. The first kappa shape index (κ1) is 11.4. The number of hydrogen-bond donors (Lipinski definition) is 2. The van der Waals surface area contributed by atoms with Crippen LogP contribution in [0.3, 0.4) is 0 Å². The molecule has 0 saturated heterocycles. The molecule has 88 valence electrons. The molecule has 17 heavy (non-hydrogen) atoms. The normalized spacial score (nSPS) is 13.2. The van der Waals surface area contributed by atoms with E-state index in [1.54, 1.807) is 22.7 Å². The molecular formula is C12H12N2S3. The molecule has 3 aromatic rings. The summed E-state index contributed by atoms with van der Waals surface area (Å²) >= 11 is 5.35. The Morgan fingerprint density at radius 1 is 1.24 bits per heavy atom. The molecular weight excluding hydrogens is 268 g/mol. The van der Waals surface area contributed by atoms with Crippen molar-refractivity contribution in [2.24, 2.45) is 5.84 Å². The van der Waals surface area contributed by atoms with Gasteiger partial charge in [0.1, 0.15) is 0 Å². The minimum atomic E-state index is 0.217. The molecule has 3 N–H and O–H groups in total. The summed E-state index contributed by atoms with van der Waals surface area (Å²) in [5, 5.41) is 6.42. The molecule has 0 bridgehead atoms. The fourth-order valence-electron chi connectivity index (χ4n) is 1.84. The predicted molar refractivity (Wildman–Crippen MR) is 77.8 cm³/mol.